The van der Waals surface area contributed by atoms with Crippen LogP contribution in [-0.4, -0.2) is 27.5 Å². The molecule has 8 heteroatoms. The fraction of sp³-hybridized carbons (Fsp3) is 0.389. The highest BCUT2D eigenvalue weighted by Gasteiger charge is 2.27. The van der Waals surface area contributed by atoms with Crippen molar-refractivity contribution < 1.29 is 8.42 Å². The van der Waals surface area contributed by atoms with E-state index in [-0.39, 0.29) is 6.04 Å². The quantitative estimate of drug-likeness (QED) is 0.499. The Labute approximate surface area is 158 Å². The van der Waals surface area contributed by atoms with Crippen LogP contribution in [0, 0.1) is 6.92 Å². The highest BCUT2D eigenvalue weighted by molar-refractivity contribution is 7.89. The van der Waals surface area contributed by atoms with E-state index in [2.05, 4.69) is 38.7 Å². The number of rotatable bonds is 7. The maximum absolute atomic E-state index is 12.2. The third kappa shape index (κ3) is 5.06. The van der Waals surface area contributed by atoms with Crippen molar-refractivity contribution in [3.63, 3.8) is 0 Å². The smallest absolute Gasteiger partial charge is 0.240 e. The number of hydrogen-bond donors (Lipinski definition) is 3. The van der Waals surface area contributed by atoms with Crippen LogP contribution in [0.1, 0.15) is 28.8 Å². The van der Waals surface area contributed by atoms with Crippen molar-refractivity contribution in [1.29, 1.82) is 0 Å². The van der Waals surface area contributed by atoms with Crippen molar-refractivity contribution in [3.05, 3.63) is 51.7 Å². The molecule has 0 saturated heterocycles. The van der Waals surface area contributed by atoms with Crippen molar-refractivity contribution in [2.75, 3.05) is 7.05 Å². The van der Waals surface area contributed by atoms with Gasteiger partial charge in [0.1, 0.15) is 0 Å². The summed E-state index contributed by atoms with van der Waals surface area (Å²) in [5.41, 5.74) is 2.26. The summed E-state index contributed by atoms with van der Waals surface area (Å²) >= 11 is 1.72. The molecule has 3 N–H and O–H groups in total. The largest absolute Gasteiger partial charge is 0.352 e. The van der Waals surface area contributed by atoms with Gasteiger partial charge in [-0.3, -0.25) is 4.99 Å². The van der Waals surface area contributed by atoms with Crippen LogP contribution in [0.25, 0.3) is 0 Å². The van der Waals surface area contributed by atoms with Gasteiger partial charge in [-0.15, -0.1) is 11.3 Å². The van der Waals surface area contributed by atoms with Crippen LogP contribution in [0.4, 0.5) is 0 Å². The molecular weight excluding hydrogens is 368 g/mol. The van der Waals surface area contributed by atoms with Crippen molar-refractivity contribution in [2.24, 2.45) is 4.99 Å². The summed E-state index contributed by atoms with van der Waals surface area (Å²) in [5, 5.41) is 8.62. The first-order valence-electron chi connectivity index (χ1n) is 8.56. The maximum Gasteiger partial charge on any atom is 0.240 e. The lowest BCUT2D eigenvalue weighted by molar-refractivity contribution is 0.581. The van der Waals surface area contributed by atoms with Crippen LogP contribution >= 0.6 is 11.3 Å². The van der Waals surface area contributed by atoms with Crippen LogP contribution in [0.15, 0.2) is 45.6 Å². The molecule has 26 heavy (non-hydrogen) atoms. The Balaban J connectivity index is 1.52. The standard InChI is InChI=1S/C18H24N4O2S2/c1-13-9-10-25-17(13)12-21-18(19-2)20-11-14-3-7-16(8-4-14)26(23,24)22-15-5-6-15/h3-4,7-10,15,22H,5-6,11-12H2,1-2H3,(H2,19,20,21). The highest BCUT2D eigenvalue weighted by atomic mass is 32.2. The molecule has 1 aliphatic rings. The van der Waals surface area contributed by atoms with Gasteiger partial charge in [-0.2, -0.15) is 0 Å². The van der Waals surface area contributed by atoms with E-state index >= 15 is 0 Å². The Morgan fingerprint density at radius 1 is 1.15 bits per heavy atom. The number of nitrogens with one attached hydrogen (secondary N) is 3. The minimum absolute atomic E-state index is 0.114. The number of guanidine groups is 1. The zero-order chi connectivity index (χ0) is 18.6. The molecule has 3 rings (SSSR count). The second-order valence-electron chi connectivity index (χ2n) is 6.35. The Hall–Kier alpha value is -1.90. The summed E-state index contributed by atoms with van der Waals surface area (Å²) in [6, 6.07) is 9.16. The summed E-state index contributed by atoms with van der Waals surface area (Å²) in [5.74, 6) is 0.713. The first-order valence-corrected chi connectivity index (χ1v) is 10.9. The third-order valence-electron chi connectivity index (χ3n) is 4.20. The predicted octanol–water partition coefficient (Wildman–Crippen LogP) is 2.36. The van der Waals surface area contributed by atoms with E-state index in [4.69, 9.17) is 0 Å². The Bertz CT molecular complexity index is 869. The van der Waals surface area contributed by atoms with Crippen molar-refractivity contribution in [2.45, 2.75) is 43.8 Å². The molecule has 0 aliphatic heterocycles. The van der Waals surface area contributed by atoms with Gasteiger partial charge in [0.05, 0.1) is 11.4 Å². The molecule has 0 amide bonds. The van der Waals surface area contributed by atoms with Crippen molar-refractivity contribution >= 4 is 27.3 Å². The number of sulfonamides is 1. The topological polar surface area (TPSA) is 82.6 Å². The van der Waals surface area contributed by atoms with Crippen LogP contribution < -0.4 is 15.4 Å². The molecule has 1 fully saturated rings. The number of thiophene rings is 1. The summed E-state index contributed by atoms with van der Waals surface area (Å²) in [4.78, 5) is 5.81. The van der Waals surface area contributed by atoms with Crippen LogP contribution in [0.3, 0.4) is 0 Å². The summed E-state index contributed by atoms with van der Waals surface area (Å²) in [6.45, 7) is 3.39. The van der Waals surface area contributed by atoms with Gasteiger partial charge in [0.25, 0.3) is 0 Å². The van der Waals surface area contributed by atoms with Gasteiger partial charge < -0.3 is 10.6 Å². The second kappa shape index (κ2) is 8.20. The van der Waals surface area contributed by atoms with Gasteiger partial charge in [-0.05, 0) is 54.5 Å². The fourth-order valence-electron chi connectivity index (χ4n) is 2.43. The van der Waals surface area contributed by atoms with Gasteiger partial charge in [0, 0.05) is 24.5 Å². The van der Waals surface area contributed by atoms with Gasteiger partial charge in [0.15, 0.2) is 5.96 Å². The molecule has 1 aliphatic carbocycles. The molecule has 0 atom stereocenters. The molecule has 1 aromatic heterocycles. The van der Waals surface area contributed by atoms with E-state index in [0.717, 1.165) is 24.9 Å². The van der Waals surface area contributed by atoms with Gasteiger partial charge in [-0.1, -0.05) is 12.1 Å². The van der Waals surface area contributed by atoms with Crippen molar-refractivity contribution in [1.82, 2.24) is 15.4 Å². The molecule has 0 radical (unpaired) electrons. The number of nitrogens with zero attached hydrogens (tertiary/aromatic N) is 1. The Morgan fingerprint density at radius 3 is 2.42 bits per heavy atom. The molecule has 2 aromatic rings. The predicted molar refractivity (Wildman–Crippen MR) is 106 cm³/mol. The lowest BCUT2D eigenvalue weighted by Gasteiger charge is -2.12. The van der Waals surface area contributed by atoms with Gasteiger partial charge >= 0.3 is 0 Å². The molecule has 140 valence electrons. The third-order valence-corrected chi connectivity index (χ3v) is 6.76. The first-order chi connectivity index (χ1) is 12.5. The number of aryl methyl sites for hydroxylation is 1. The fourth-order valence-corrected chi connectivity index (χ4v) is 4.58. The Morgan fingerprint density at radius 2 is 1.85 bits per heavy atom. The minimum atomic E-state index is -3.39. The van der Waals surface area contributed by atoms with E-state index in [9.17, 15) is 8.42 Å². The molecule has 1 saturated carbocycles. The van der Waals surface area contributed by atoms with E-state index in [0.29, 0.717) is 17.4 Å². The summed E-state index contributed by atoms with van der Waals surface area (Å²) in [7, 11) is -1.66. The van der Waals surface area contributed by atoms with E-state index in [1.807, 2.05) is 12.1 Å². The molecule has 1 heterocycles. The first kappa shape index (κ1) is 18.9. The van der Waals surface area contributed by atoms with E-state index < -0.39 is 10.0 Å². The maximum atomic E-state index is 12.2. The molecule has 1 aromatic carbocycles. The van der Waals surface area contributed by atoms with Gasteiger partial charge in [-0.25, -0.2) is 13.1 Å². The average Bonchev–Trinajstić information content (AvgIpc) is 3.34. The zero-order valence-corrected chi connectivity index (χ0v) is 16.6. The summed E-state index contributed by atoms with van der Waals surface area (Å²) in [6.07, 6.45) is 1.86. The van der Waals surface area contributed by atoms with E-state index in [1.54, 1.807) is 30.5 Å². The average molecular weight is 393 g/mol. The van der Waals surface area contributed by atoms with Crippen LogP contribution in [0.2, 0.25) is 0 Å². The normalized spacial score (nSPS) is 15.1. The monoisotopic (exact) mass is 392 g/mol. The molecular formula is C18H24N4O2S2. The van der Waals surface area contributed by atoms with Crippen molar-refractivity contribution in [3.8, 4) is 0 Å². The molecule has 6 nitrogen and oxygen atoms in total. The molecule has 0 bridgehead atoms. The molecule has 0 spiro atoms. The number of aliphatic imine (C=N–C) groups is 1. The highest BCUT2D eigenvalue weighted by Crippen LogP contribution is 2.22. The lowest BCUT2D eigenvalue weighted by atomic mass is 10.2. The minimum Gasteiger partial charge on any atom is -0.352 e. The van der Waals surface area contributed by atoms with E-state index in [1.165, 1.54) is 10.4 Å². The van der Waals surface area contributed by atoms with Crippen LogP contribution in [0.5, 0.6) is 0 Å². The summed E-state index contributed by atoms with van der Waals surface area (Å²) < 4.78 is 27.0. The second-order valence-corrected chi connectivity index (χ2v) is 9.06. The molecule has 0 unspecified atom stereocenters. The number of benzene rings is 1. The number of hydrogen-bond acceptors (Lipinski definition) is 4. The van der Waals surface area contributed by atoms with Gasteiger partial charge in [0.2, 0.25) is 10.0 Å². The SMILES string of the molecule is CN=C(NCc1ccc(S(=O)(=O)NC2CC2)cc1)NCc1sccc1C. The lowest BCUT2D eigenvalue weighted by Crippen LogP contribution is -2.36. The zero-order valence-electron chi connectivity index (χ0n) is 15.0. The van der Waals surface area contributed by atoms with Crippen LogP contribution in [-0.2, 0) is 23.1 Å². The Kier molecular flexibility index (Phi) is 5.95.